The molecule has 0 aliphatic rings. The smallest absolute Gasteiger partial charge is 0.307 e. The van der Waals surface area contributed by atoms with Crippen LogP contribution in [-0.4, -0.2) is 42.4 Å². The number of carbonyl (C=O) groups excluding carboxylic acids is 5. The van der Waals surface area contributed by atoms with Gasteiger partial charge < -0.3 is 18.9 Å². The first-order valence-electron chi connectivity index (χ1n) is 11.8. The molecule has 37 heavy (non-hydrogen) atoms. The third kappa shape index (κ3) is 18.2. The summed E-state index contributed by atoms with van der Waals surface area (Å²) in [6, 6.07) is 0. The van der Waals surface area contributed by atoms with Crippen LogP contribution in [-0.2, 0) is 42.9 Å². The molecule has 0 aliphatic carbocycles. The normalized spacial score (nSPS) is 13.9. The molecule has 2 unspecified atom stereocenters. The second-order valence-corrected chi connectivity index (χ2v) is 8.56. The maximum Gasteiger partial charge on any atom is 0.307 e. The Kier molecular flexibility index (Phi) is 16.6. The quantitative estimate of drug-likeness (QED) is 0.0562. The Morgan fingerprint density at radius 3 is 1.92 bits per heavy atom. The average Bonchev–Trinajstić information content (AvgIpc) is 2.76. The van der Waals surface area contributed by atoms with E-state index in [-0.39, 0.29) is 18.4 Å². The van der Waals surface area contributed by atoms with Crippen molar-refractivity contribution in [3.8, 4) is 0 Å². The molecule has 0 heterocycles. The number of carbonyl (C=O) groups is 5. The summed E-state index contributed by atoms with van der Waals surface area (Å²) in [5, 5.41) is 0. The first kappa shape index (κ1) is 33.2. The second kappa shape index (κ2) is 18.5. The fourth-order valence-electron chi connectivity index (χ4n) is 3.04. The van der Waals surface area contributed by atoms with Gasteiger partial charge in [-0.2, -0.15) is 0 Å². The van der Waals surface area contributed by atoms with E-state index in [1.54, 1.807) is 6.08 Å². The highest BCUT2D eigenvalue weighted by molar-refractivity contribution is 5.74. The third-order valence-electron chi connectivity index (χ3n) is 4.60. The topological polar surface area (TPSA) is 122 Å². The molecule has 0 aromatic rings. The summed E-state index contributed by atoms with van der Waals surface area (Å²) in [5.74, 6) is -2.28. The van der Waals surface area contributed by atoms with Gasteiger partial charge in [-0.25, -0.2) is 0 Å². The van der Waals surface area contributed by atoms with Crippen molar-refractivity contribution in [1.29, 1.82) is 0 Å². The molecule has 204 valence electrons. The number of rotatable bonds is 15. The van der Waals surface area contributed by atoms with E-state index in [0.29, 0.717) is 11.9 Å². The molecule has 0 saturated carbocycles. The highest BCUT2D eigenvalue weighted by atomic mass is 16.6. The lowest BCUT2D eigenvalue weighted by molar-refractivity contribution is -0.145. The minimum Gasteiger partial charge on any atom is -0.458 e. The van der Waals surface area contributed by atoms with E-state index in [4.69, 9.17) is 18.9 Å². The average molecular weight is 519 g/mol. The monoisotopic (exact) mass is 518 g/mol. The van der Waals surface area contributed by atoms with E-state index in [9.17, 15) is 24.0 Å². The van der Waals surface area contributed by atoms with Crippen molar-refractivity contribution in [3.63, 3.8) is 0 Å². The minimum absolute atomic E-state index is 0.0290. The molecular weight excluding hydrogens is 480 g/mol. The number of aldehydes is 1. The van der Waals surface area contributed by atoms with Crippen molar-refractivity contribution in [2.75, 3.05) is 0 Å². The van der Waals surface area contributed by atoms with Gasteiger partial charge in [0.05, 0.1) is 6.26 Å². The van der Waals surface area contributed by atoms with Crippen LogP contribution in [0.3, 0.4) is 0 Å². The van der Waals surface area contributed by atoms with Crippen molar-refractivity contribution in [3.05, 3.63) is 59.1 Å². The molecule has 2 atom stereocenters. The Morgan fingerprint density at radius 2 is 1.41 bits per heavy atom. The number of esters is 4. The van der Waals surface area contributed by atoms with Crippen molar-refractivity contribution >= 4 is 30.2 Å². The zero-order chi connectivity index (χ0) is 28.4. The molecule has 9 heteroatoms. The van der Waals surface area contributed by atoms with Crippen LogP contribution in [0.15, 0.2) is 59.1 Å². The Morgan fingerprint density at radius 1 is 0.784 bits per heavy atom. The number of hydrogen-bond acceptors (Lipinski definition) is 9. The summed E-state index contributed by atoms with van der Waals surface area (Å²) in [6.45, 7) is 10.9. The lowest BCUT2D eigenvalue weighted by atomic mass is 10.0. The van der Waals surface area contributed by atoms with Crippen LogP contribution in [0.1, 0.15) is 74.1 Å². The van der Waals surface area contributed by atoms with Crippen molar-refractivity contribution < 1.29 is 42.9 Å². The molecule has 0 aliphatic heterocycles. The number of hydrogen-bond donors (Lipinski definition) is 0. The Labute approximate surface area is 218 Å². The van der Waals surface area contributed by atoms with Gasteiger partial charge in [0.25, 0.3) is 0 Å². The van der Waals surface area contributed by atoms with Gasteiger partial charge in [-0.1, -0.05) is 23.3 Å². The molecule has 0 saturated heterocycles. The fraction of sp³-hybridized carbons (Fsp3) is 0.464. The van der Waals surface area contributed by atoms with E-state index < -0.39 is 36.1 Å². The zero-order valence-electron chi connectivity index (χ0n) is 22.7. The molecule has 0 spiro atoms. The maximum absolute atomic E-state index is 11.8. The van der Waals surface area contributed by atoms with Gasteiger partial charge >= 0.3 is 23.9 Å². The molecule has 0 aromatic heterocycles. The fourth-order valence-corrected chi connectivity index (χ4v) is 3.04. The summed E-state index contributed by atoms with van der Waals surface area (Å²) < 4.78 is 20.4. The SMILES string of the molecule is CC(=O)O/C=C/C(=C\OC(C)=O)C(C/C=C(/C=O)CC(/C=C(\C)CCC=C(C)C)OC(C)=O)OC(C)=O. The van der Waals surface area contributed by atoms with Crippen LogP contribution < -0.4 is 0 Å². The van der Waals surface area contributed by atoms with E-state index in [1.165, 1.54) is 39.3 Å². The minimum atomic E-state index is -0.966. The Hall–Kier alpha value is -3.75. The van der Waals surface area contributed by atoms with Crippen LogP contribution in [0, 0.1) is 0 Å². The van der Waals surface area contributed by atoms with Crippen LogP contribution in [0.5, 0.6) is 0 Å². The molecule has 9 nitrogen and oxygen atoms in total. The largest absolute Gasteiger partial charge is 0.458 e. The second-order valence-electron chi connectivity index (χ2n) is 8.56. The van der Waals surface area contributed by atoms with E-state index in [1.807, 2.05) is 26.8 Å². The van der Waals surface area contributed by atoms with Crippen LogP contribution in [0.4, 0.5) is 0 Å². The van der Waals surface area contributed by atoms with E-state index in [2.05, 4.69) is 6.08 Å². The molecule has 0 fully saturated rings. The Balaban J connectivity index is 5.91. The van der Waals surface area contributed by atoms with Gasteiger partial charge in [-0.05, 0) is 51.3 Å². The summed E-state index contributed by atoms with van der Waals surface area (Å²) in [7, 11) is 0. The molecular formula is C28H38O9. The highest BCUT2D eigenvalue weighted by Gasteiger charge is 2.18. The predicted molar refractivity (Wildman–Crippen MR) is 138 cm³/mol. The highest BCUT2D eigenvalue weighted by Crippen LogP contribution is 2.19. The third-order valence-corrected chi connectivity index (χ3v) is 4.60. The Bertz CT molecular complexity index is 960. The standard InChI is InChI=1S/C28H38O9/c1-19(2)9-8-10-20(3)15-27(36-23(6)32)16-25(17-29)11-12-28(37-24(7)33)26(18-35-22(5)31)13-14-34-21(4)30/h9,11,13-15,17-18,27-28H,8,10,12,16H2,1-7H3/b14-13+,20-15+,25-11+,26-18+. The maximum atomic E-state index is 11.8. The van der Waals surface area contributed by atoms with Crippen molar-refractivity contribution in [1.82, 2.24) is 0 Å². The van der Waals surface area contributed by atoms with Gasteiger partial charge in [0.15, 0.2) is 0 Å². The van der Waals surface area contributed by atoms with Crippen LogP contribution in [0.2, 0.25) is 0 Å². The number of allylic oxidation sites excluding steroid dienone is 3. The zero-order valence-corrected chi connectivity index (χ0v) is 22.7. The van der Waals surface area contributed by atoms with Crippen LogP contribution >= 0.6 is 0 Å². The summed E-state index contributed by atoms with van der Waals surface area (Å²) in [5.41, 5.74) is 2.74. The van der Waals surface area contributed by atoms with Gasteiger partial charge in [0.1, 0.15) is 24.8 Å². The lowest BCUT2D eigenvalue weighted by Crippen LogP contribution is -2.19. The molecule has 0 radical (unpaired) electrons. The van der Waals surface area contributed by atoms with Gasteiger partial charge in [0.2, 0.25) is 0 Å². The van der Waals surface area contributed by atoms with E-state index in [0.717, 1.165) is 30.9 Å². The molecule has 0 bridgehead atoms. The predicted octanol–water partition coefficient (Wildman–Crippen LogP) is 4.97. The summed E-state index contributed by atoms with van der Waals surface area (Å²) in [4.78, 5) is 57.6. The molecule has 0 aromatic carbocycles. The van der Waals surface area contributed by atoms with Crippen LogP contribution in [0.25, 0.3) is 0 Å². The van der Waals surface area contributed by atoms with E-state index >= 15 is 0 Å². The number of ether oxygens (including phenoxy) is 4. The summed E-state index contributed by atoms with van der Waals surface area (Å²) >= 11 is 0. The molecule has 0 amide bonds. The first-order valence-corrected chi connectivity index (χ1v) is 11.8. The van der Waals surface area contributed by atoms with Crippen molar-refractivity contribution in [2.45, 2.75) is 86.4 Å². The van der Waals surface area contributed by atoms with Gasteiger partial charge in [0, 0.05) is 46.1 Å². The first-order chi connectivity index (χ1) is 17.3. The van der Waals surface area contributed by atoms with Gasteiger partial charge in [-0.15, -0.1) is 0 Å². The molecule has 0 N–H and O–H groups in total. The molecule has 0 rings (SSSR count). The summed E-state index contributed by atoms with van der Waals surface area (Å²) in [6.07, 6.45) is 9.70. The lowest BCUT2D eigenvalue weighted by Gasteiger charge is -2.18. The van der Waals surface area contributed by atoms with Gasteiger partial charge in [-0.3, -0.25) is 24.0 Å². The van der Waals surface area contributed by atoms with Crippen molar-refractivity contribution in [2.24, 2.45) is 0 Å².